The standard InChI is InChI=1S/C17H21N3O/c1-2-5-12-6-3-4-7-15(12)19-17(21)16-10-13(18)11-20(16)14-8-9-14/h3-4,6-7,10-11,14H,2,5,8-9,18H2,1H3,(H,19,21). The van der Waals surface area contributed by atoms with Crippen molar-refractivity contribution in [1.82, 2.24) is 4.57 Å². The summed E-state index contributed by atoms with van der Waals surface area (Å²) in [5.74, 6) is -0.0813. The first-order valence-corrected chi connectivity index (χ1v) is 7.55. The number of hydrogen-bond acceptors (Lipinski definition) is 2. The molecule has 2 aromatic rings. The second-order valence-corrected chi connectivity index (χ2v) is 5.66. The zero-order chi connectivity index (χ0) is 14.8. The Morgan fingerprint density at radius 2 is 2.14 bits per heavy atom. The van der Waals surface area contributed by atoms with Crippen LogP contribution in [-0.4, -0.2) is 10.5 Å². The highest BCUT2D eigenvalue weighted by molar-refractivity contribution is 6.04. The van der Waals surface area contributed by atoms with Gasteiger partial charge in [-0.3, -0.25) is 4.79 Å². The highest BCUT2D eigenvalue weighted by Crippen LogP contribution is 2.37. The van der Waals surface area contributed by atoms with Crippen LogP contribution in [0.5, 0.6) is 0 Å². The van der Waals surface area contributed by atoms with Gasteiger partial charge >= 0.3 is 0 Å². The van der Waals surface area contributed by atoms with Gasteiger partial charge in [0, 0.05) is 17.9 Å². The number of aromatic nitrogens is 1. The first-order valence-electron chi connectivity index (χ1n) is 7.55. The molecule has 110 valence electrons. The first kappa shape index (κ1) is 13.7. The lowest BCUT2D eigenvalue weighted by atomic mass is 10.1. The summed E-state index contributed by atoms with van der Waals surface area (Å²) in [5.41, 5.74) is 9.22. The number of benzene rings is 1. The molecule has 0 saturated heterocycles. The summed E-state index contributed by atoms with van der Waals surface area (Å²) in [5, 5.41) is 3.03. The molecular formula is C17H21N3O. The predicted octanol–water partition coefficient (Wildman–Crippen LogP) is 3.61. The molecule has 4 nitrogen and oxygen atoms in total. The maximum atomic E-state index is 12.5. The monoisotopic (exact) mass is 283 g/mol. The van der Waals surface area contributed by atoms with Gasteiger partial charge in [0.25, 0.3) is 5.91 Å². The Labute approximate surface area is 125 Å². The molecule has 21 heavy (non-hydrogen) atoms. The highest BCUT2D eigenvalue weighted by Gasteiger charge is 2.27. The number of amides is 1. The number of para-hydroxylation sites is 1. The average molecular weight is 283 g/mol. The van der Waals surface area contributed by atoms with E-state index in [1.165, 1.54) is 5.56 Å². The summed E-state index contributed by atoms with van der Waals surface area (Å²) < 4.78 is 2.01. The van der Waals surface area contributed by atoms with Crippen molar-refractivity contribution in [2.75, 3.05) is 11.1 Å². The number of carbonyl (C=O) groups excluding carboxylic acids is 1. The number of carbonyl (C=O) groups is 1. The van der Waals surface area contributed by atoms with Crippen molar-refractivity contribution in [2.24, 2.45) is 0 Å². The zero-order valence-corrected chi connectivity index (χ0v) is 12.3. The molecule has 0 bridgehead atoms. The van der Waals surface area contributed by atoms with Crippen LogP contribution >= 0.6 is 0 Å². The summed E-state index contributed by atoms with van der Waals surface area (Å²) in [7, 11) is 0. The summed E-state index contributed by atoms with van der Waals surface area (Å²) in [6.07, 6.45) is 6.13. The van der Waals surface area contributed by atoms with E-state index in [9.17, 15) is 4.79 Å². The van der Waals surface area contributed by atoms with Gasteiger partial charge < -0.3 is 15.6 Å². The topological polar surface area (TPSA) is 60.1 Å². The highest BCUT2D eigenvalue weighted by atomic mass is 16.2. The number of hydrogen-bond donors (Lipinski definition) is 2. The van der Waals surface area contributed by atoms with Crippen LogP contribution in [0, 0.1) is 0 Å². The smallest absolute Gasteiger partial charge is 0.272 e. The third-order valence-corrected chi connectivity index (χ3v) is 3.83. The van der Waals surface area contributed by atoms with E-state index < -0.39 is 0 Å². The molecule has 1 aromatic heterocycles. The fraction of sp³-hybridized carbons (Fsp3) is 0.353. The molecule has 0 spiro atoms. The molecule has 1 amide bonds. The van der Waals surface area contributed by atoms with Crippen molar-refractivity contribution in [3.8, 4) is 0 Å². The Morgan fingerprint density at radius 1 is 1.38 bits per heavy atom. The molecule has 1 aromatic carbocycles. The van der Waals surface area contributed by atoms with Gasteiger partial charge in [0.1, 0.15) is 5.69 Å². The molecule has 0 radical (unpaired) electrons. The van der Waals surface area contributed by atoms with Crippen molar-refractivity contribution in [3.05, 3.63) is 47.8 Å². The second-order valence-electron chi connectivity index (χ2n) is 5.66. The van der Waals surface area contributed by atoms with Crippen LogP contribution in [0.15, 0.2) is 36.5 Å². The Hall–Kier alpha value is -2.23. The Balaban J connectivity index is 1.83. The molecule has 1 heterocycles. The summed E-state index contributed by atoms with van der Waals surface area (Å²) in [6, 6.07) is 10.2. The van der Waals surface area contributed by atoms with E-state index in [1.54, 1.807) is 6.07 Å². The molecule has 1 aliphatic rings. The number of aryl methyl sites for hydroxylation is 1. The number of nitrogens with zero attached hydrogens (tertiary/aromatic N) is 1. The number of nitrogen functional groups attached to an aromatic ring is 1. The van der Waals surface area contributed by atoms with E-state index >= 15 is 0 Å². The second kappa shape index (κ2) is 5.64. The molecule has 1 aliphatic carbocycles. The van der Waals surface area contributed by atoms with Crippen molar-refractivity contribution in [2.45, 2.75) is 38.6 Å². The lowest BCUT2D eigenvalue weighted by Gasteiger charge is -2.12. The maximum absolute atomic E-state index is 12.5. The van der Waals surface area contributed by atoms with Gasteiger partial charge in [-0.05, 0) is 37.0 Å². The summed E-state index contributed by atoms with van der Waals surface area (Å²) in [4.78, 5) is 12.5. The maximum Gasteiger partial charge on any atom is 0.272 e. The molecule has 3 N–H and O–H groups in total. The van der Waals surface area contributed by atoms with Crippen LogP contribution in [0.4, 0.5) is 11.4 Å². The van der Waals surface area contributed by atoms with Crippen LogP contribution in [-0.2, 0) is 6.42 Å². The Morgan fingerprint density at radius 3 is 2.86 bits per heavy atom. The minimum absolute atomic E-state index is 0.0813. The number of rotatable bonds is 5. The molecular weight excluding hydrogens is 262 g/mol. The Kier molecular flexibility index (Phi) is 3.69. The van der Waals surface area contributed by atoms with E-state index in [0.717, 1.165) is 31.4 Å². The molecule has 4 heteroatoms. The van der Waals surface area contributed by atoms with Crippen molar-refractivity contribution < 1.29 is 4.79 Å². The molecule has 0 unspecified atom stereocenters. The largest absolute Gasteiger partial charge is 0.397 e. The lowest BCUT2D eigenvalue weighted by molar-refractivity contribution is 0.101. The Bertz CT molecular complexity index is 656. The fourth-order valence-corrected chi connectivity index (χ4v) is 2.65. The zero-order valence-electron chi connectivity index (χ0n) is 12.3. The van der Waals surface area contributed by atoms with Crippen molar-refractivity contribution >= 4 is 17.3 Å². The minimum atomic E-state index is -0.0813. The quantitative estimate of drug-likeness (QED) is 0.880. The third-order valence-electron chi connectivity index (χ3n) is 3.83. The van der Waals surface area contributed by atoms with Gasteiger partial charge in [-0.2, -0.15) is 0 Å². The van der Waals surface area contributed by atoms with Crippen LogP contribution in [0.25, 0.3) is 0 Å². The van der Waals surface area contributed by atoms with E-state index in [4.69, 9.17) is 5.73 Å². The molecule has 0 atom stereocenters. The predicted molar refractivity (Wildman–Crippen MR) is 85.5 cm³/mol. The first-order chi connectivity index (χ1) is 10.2. The van der Waals surface area contributed by atoms with Gasteiger partial charge in [-0.25, -0.2) is 0 Å². The van der Waals surface area contributed by atoms with Crippen LogP contribution in [0.1, 0.15) is 48.3 Å². The van der Waals surface area contributed by atoms with E-state index in [1.807, 2.05) is 29.0 Å². The number of anilines is 2. The van der Waals surface area contributed by atoms with Crippen LogP contribution in [0.2, 0.25) is 0 Å². The van der Waals surface area contributed by atoms with Crippen LogP contribution in [0.3, 0.4) is 0 Å². The lowest BCUT2D eigenvalue weighted by Crippen LogP contribution is -2.17. The minimum Gasteiger partial charge on any atom is -0.397 e. The normalized spacial score (nSPS) is 14.1. The molecule has 1 saturated carbocycles. The van der Waals surface area contributed by atoms with Crippen molar-refractivity contribution in [3.63, 3.8) is 0 Å². The average Bonchev–Trinajstić information content (AvgIpc) is 3.24. The van der Waals surface area contributed by atoms with Gasteiger partial charge in [0.15, 0.2) is 0 Å². The van der Waals surface area contributed by atoms with Crippen LogP contribution < -0.4 is 11.1 Å². The fourth-order valence-electron chi connectivity index (χ4n) is 2.65. The number of nitrogens with two attached hydrogens (primary N) is 1. The molecule has 1 fully saturated rings. The molecule has 3 rings (SSSR count). The van der Waals surface area contributed by atoms with Crippen molar-refractivity contribution in [1.29, 1.82) is 0 Å². The van der Waals surface area contributed by atoms with Gasteiger partial charge in [0.05, 0.1) is 5.69 Å². The SMILES string of the molecule is CCCc1ccccc1NC(=O)c1cc(N)cn1C1CC1. The third kappa shape index (κ3) is 2.94. The molecule has 0 aliphatic heterocycles. The van der Waals surface area contributed by atoms with E-state index in [-0.39, 0.29) is 5.91 Å². The van der Waals surface area contributed by atoms with Gasteiger partial charge in [-0.15, -0.1) is 0 Å². The van der Waals surface area contributed by atoms with E-state index in [2.05, 4.69) is 18.3 Å². The van der Waals surface area contributed by atoms with Gasteiger partial charge in [-0.1, -0.05) is 31.5 Å². The van der Waals surface area contributed by atoms with Gasteiger partial charge in [0.2, 0.25) is 0 Å². The summed E-state index contributed by atoms with van der Waals surface area (Å²) in [6.45, 7) is 2.14. The number of nitrogens with one attached hydrogen (secondary N) is 1. The van der Waals surface area contributed by atoms with E-state index in [0.29, 0.717) is 17.4 Å². The summed E-state index contributed by atoms with van der Waals surface area (Å²) >= 11 is 0.